The molecule has 8 aromatic carbocycles. The molecule has 0 amide bonds. The molecule has 1 N–H and O–H groups in total. The summed E-state index contributed by atoms with van der Waals surface area (Å²) < 4.78 is 8.73. The van der Waals surface area contributed by atoms with Crippen molar-refractivity contribution in [1.29, 1.82) is 0 Å². The average Bonchev–Trinajstić information content (AvgIpc) is 3.82. The molecule has 284 valence electrons. The van der Waals surface area contributed by atoms with Gasteiger partial charge in [-0.05, 0) is 121 Å². The van der Waals surface area contributed by atoms with E-state index in [1.165, 1.54) is 55.0 Å². The zero-order valence-corrected chi connectivity index (χ0v) is 35.8. The number of hydrogen-bond donors (Lipinski definition) is 1. The van der Waals surface area contributed by atoms with E-state index in [4.69, 9.17) is 0 Å². The van der Waals surface area contributed by atoms with Gasteiger partial charge in [-0.15, -0.1) is 22.7 Å². The summed E-state index contributed by atoms with van der Waals surface area (Å²) in [5.41, 5.74) is 5.76. The number of nitrogens with one attached hydrogen (secondary N) is 1. The first-order chi connectivity index (χ1) is 27.0. The molecule has 2 aromatic heterocycles. The van der Waals surface area contributed by atoms with Gasteiger partial charge in [-0.3, -0.25) is 0 Å². The maximum Gasteiger partial charge on any atom is 0.0640 e. The fourth-order valence-electron chi connectivity index (χ4n) is 6.49. The Morgan fingerprint density at radius 2 is 0.649 bits per heavy atom. The van der Waals surface area contributed by atoms with Crippen LogP contribution in [0.15, 0.2) is 208 Å². The normalized spacial score (nSPS) is 10.4. The van der Waals surface area contributed by atoms with E-state index in [9.17, 15) is 0 Å². The fourth-order valence-corrected chi connectivity index (χ4v) is 10.6. The Labute approximate surface area is 368 Å². The molecule has 0 fully saturated rings. The molecule has 10 aromatic rings. The Kier molecular flexibility index (Phi) is 14.4. The van der Waals surface area contributed by atoms with E-state index in [0.29, 0.717) is 0 Å². The standard InChI is InChI=1S/C24H16BrNS.C12H6Br2S.C12H11N.2CH4/c25-21-15-7-13-19-20-14-8-16-22(24(20)27-23(19)21)26(17-9-3-1-4-10-17)18-11-5-2-6-12-18;13-9-5-1-3-7-8-4-2-6-10(14)12(8)15-11(7)9;1-3-7-11(8-4-1)13-12-9-5-2-6-10-12;;/h1-16H;1-6H;1-10,13H;2*1H4. The molecule has 0 atom stereocenters. The van der Waals surface area contributed by atoms with Crippen LogP contribution in [0.25, 0.3) is 40.3 Å². The van der Waals surface area contributed by atoms with Crippen molar-refractivity contribution in [3.8, 4) is 0 Å². The number of hydrogen-bond acceptors (Lipinski definition) is 4. The molecular weight excluding hydrogens is 932 g/mol. The first-order valence-electron chi connectivity index (χ1n) is 17.7. The molecular formula is C50H41Br3N2S2. The highest BCUT2D eigenvalue weighted by molar-refractivity contribution is 9.11. The van der Waals surface area contributed by atoms with Gasteiger partial charge in [-0.25, -0.2) is 0 Å². The van der Waals surface area contributed by atoms with Crippen molar-refractivity contribution in [2.45, 2.75) is 14.9 Å². The molecule has 57 heavy (non-hydrogen) atoms. The van der Waals surface area contributed by atoms with Crippen molar-refractivity contribution < 1.29 is 0 Å². The van der Waals surface area contributed by atoms with Gasteiger partial charge in [0.2, 0.25) is 0 Å². The Balaban J connectivity index is 0.000000156. The van der Waals surface area contributed by atoms with Crippen LogP contribution in [0.2, 0.25) is 0 Å². The number of nitrogens with zero attached hydrogens (tertiary/aromatic N) is 1. The Hall–Kier alpha value is -4.76. The maximum atomic E-state index is 3.72. The molecule has 0 unspecified atom stereocenters. The highest BCUT2D eigenvalue weighted by Gasteiger charge is 2.18. The number of halogens is 3. The molecule has 0 bridgehead atoms. The summed E-state index contributed by atoms with van der Waals surface area (Å²) in [6, 6.07) is 67.1. The highest BCUT2D eigenvalue weighted by atomic mass is 79.9. The smallest absolute Gasteiger partial charge is 0.0640 e. The Morgan fingerprint density at radius 1 is 0.333 bits per heavy atom. The van der Waals surface area contributed by atoms with E-state index in [1.807, 2.05) is 83.3 Å². The topological polar surface area (TPSA) is 15.3 Å². The molecule has 0 radical (unpaired) electrons. The van der Waals surface area contributed by atoms with E-state index in [-0.39, 0.29) is 14.9 Å². The largest absolute Gasteiger partial charge is 0.356 e. The van der Waals surface area contributed by atoms with Gasteiger partial charge in [0, 0.05) is 71.8 Å². The lowest BCUT2D eigenvalue weighted by Crippen LogP contribution is -2.09. The first kappa shape index (κ1) is 41.9. The van der Waals surface area contributed by atoms with Crippen LogP contribution in [0.3, 0.4) is 0 Å². The first-order valence-corrected chi connectivity index (χ1v) is 21.7. The van der Waals surface area contributed by atoms with Gasteiger partial charge in [0.05, 0.1) is 10.4 Å². The third kappa shape index (κ3) is 9.35. The van der Waals surface area contributed by atoms with Crippen LogP contribution >= 0.6 is 70.5 Å². The molecule has 0 saturated heterocycles. The van der Waals surface area contributed by atoms with Gasteiger partial charge in [-0.1, -0.05) is 136 Å². The summed E-state index contributed by atoms with van der Waals surface area (Å²) in [4.78, 5) is 2.34. The molecule has 2 nitrogen and oxygen atoms in total. The number of para-hydroxylation sites is 4. The zero-order valence-electron chi connectivity index (χ0n) is 29.4. The van der Waals surface area contributed by atoms with Crippen LogP contribution in [0.4, 0.5) is 28.4 Å². The van der Waals surface area contributed by atoms with Gasteiger partial charge >= 0.3 is 0 Å². The van der Waals surface area contributed by atoms with E-state index >= 15 is 0 Å². The summed E-state index contributed by atoms with van der Waals surface area (Å²) in [6.45, 7) is 0. The highest BCUT2D eigenvalue weighted by Crippen LogP contribution is 2.46. The molecule has 0 aliphatic carbocycles. The molecule has 0 aliphatic rings. The third-order valence-corrected chi connectivity index (χ3v) is 14.3. The summed E-state index contributed by atoms with van der Waals surface area (Å²) in [5.74, 6) is 0. The summed E-state index contributed by atoms with van der Waals surface area (Å²) >= 11 is 14.6. The second-order valence-corrected chi connectivity index (χ2v) is 17.2. The minimum Gasteiger partial charge on any atom is -0.356 e. The molecule has 0 aliphatic heterocycles. The quantitative estimate of drug-likeness (QED) is 0.185. The monoisotopic (exact) mass is 970 g/mol. The summed E-state index contributed by atoms with van der Waals surface area (Å²) in [5, 5.41) is 8.55. The van der Waals surface area contributed by atoms with E-state index < -0.39 is 0 Å². The van der Waals surface area contributed by atoms with Crippen molar-refractivity contribution >= 4 is 139 Å². The third-order valence-electron chi connectivity index (χ3n) is 8.99. The lowest BCUT2D eigenvalue weighted by molar-refractivity contribution is 1.30. The number of rotatable bonds is 5. The van der Waals surface area contributed by atoms with Crippen LogP contribution in [0.1, 0.15) is 14.9 Å². The van der Waals surface area contributed by atoms with Crippen LogP contribution in [0, 0.1) is 0 Å². The predicted octanol–water partition coefficient (Wildman–Crippen LogP) is 18.6. The van der Waals surface area contributed by atoms with Crippen LogP contribution < -0.4 is 10.2 Å². The van der Waals surface area contributed by atoms with Gasteiger partial charge in [-0.2, -0.15) is 0 Å². The number of anilines is 5. The lowest BCUT2D eigenvalue weighted by atomic mass is 10.1. The van der Waals surface area contributed by atoms with Crippen LogP contribution in [-0.2, 0) is 0 Å². The van der Waals surface area contributed by atoms with Crippen molar-refractivity contribution in [2.75, 3.05) is 10.2 Å². The second-order valence-electron chi connectivity index (χ2n) is 12.6. The van der Waals surface area contributed by atoms with Crippen molar-refractivity contribution in [3.63, 3.8) is 0 Å². The fraction of sp³-hybridized carbons (Fsp3) is 0.0400. The molecule has 0 spiro atoms. The van der Waals surface area contributed by atoms with Crippen molar-refractivity contribution in [1.82, 2.24) is 0 Å². The van der Waals surface area contributed by atoms with Gasteiger partial charge in [0.1, 0.15) is 0 Å². The predicted molar refractivity (Wildman–Crippen MR) is 266 cm³/mol. The van der Waals surface area contributed by atoms with Gasteiger partial charge in [0.25, 0.3) is 0 Å². The molecule has 7 heteroatoms. The Bertz CT molecular complexity index is 2690. The second kappa shape index (κ2) is 19.6. The molecule has 0 saturated carbocycles. The van der Waals surface area contributed by atoms with Gasteiger partial charge in [0.15, 0.2) is 0 Å². The lowest BCUT2D eigenvalue weighted by Gasteiger charge is -2.25. The zero-order chi connectivity index (χ0) is 37.6. The number of fused-ring (bicyclic) bond motifs is 6. The van der Waals surface area contributed by atoms with Crippen LogP contribution in [0.5, 0.6) is 0 Å². The maximum absolute atomic E-state index is 3.72. The minimum absolute atomic E-state index is 0. The van der Waals surface area contributed by atoms with Crippen LogP contribution in [-0.4, -0.2) is 0 Å². The molecule has 2 heterocycles. The van der Waals surface area contributed by atoms with Crippen molar-refractivity contribution in [2.24, 2.45) is 0 Å². The summed E-state index contributed by atoms with van der Waals surface area (Å²) in [6.07, 6.45) is 0. The van der Waals surface area contributed by atoms with E-state index in [2.05, 4.69) is 191 Å². The molecule has 10 rings (SSSR count). The van der Waals surface area contributed by atoms with E-state index in [1.54, 1.807) is 0 Å². The number of thiophene rings is 2. The average molecular weight is 974 g/mol. The van der Waals surface area contributed by atoms with Crippen molar-refractivity contribution in [3.05, 3.63) is 208 Å². The SMILES string of the molecule is Brc1cccc2c1sc1c(Br)cccc12.Brc1cccc2c1sc1c(N(c3ccccc3)c3ccccc3)cccc12.C.C.c1ccc(Nc2ccccc2)cc1. The summed E-state index contributed by atoms with van der Waals surface area (Å²) in [7, 11) is 0. The number of benzene rings is 8. The Morgan fingerprint density at radius 3 is 1.04 bits per heavy atom. The van der Waals surface area contributed by atoms with Gasteiger partial charge < -0.3 is 10.2 Å². The van der Waals surface area contributed by atoms with E-state index in [0.717, 1.165) is 27.2 Å². The minimum atomic E-state index is 0.